The van der Waals surface area contributed by atoms with Gasteiger partial charge < -0.3 is 5.32 Å². The van der Waals surface area contributed by atoms with Gasteiger partial charge in [-0.2, -0.15) is 0 Å². The molecule has 2 aromatic carbocycles. The number of sulfonamides is 1. The van der Waals surface area contributed by atoms with Crippen molar-refractivity contribution in [2.75, 3.05) is 16.7 Å². The zero-order valence-electron chi connectivity index (χ0n) is 12.4. The van der Waals surface area contributed by atoms with Gasteiger partial charge in [0.15, 0.2) is 0 Å². The van der Waals surface area contributed by atoms with E-state index in [2.05, 4.69) is 5.32 Å². The Hall–Kier alpha value is -1.76. The molecule has 0 radical (unpaired) electrons. The topological polar surface area (TPSA) is 66.5 Å². The number of carbonyl (C=O) groups is 1. The lowest BCUT2D eigenvalue weighted by molar-refractivity contribution is -0.114. The van der Waals surface area contributed by atoms with Crippen LogP contribution in [0.25, 0.3) is 0 Å². The van der Waals surface area contributed by atoms with Gasteiger partial charge in [0.05, 0.1) is 21.3 Å². The van der Waals surface area contributed by atoms with E-state index in [0.29, 0.717) is 10.7 Å². The molecular formula is C15H14Cl2N2O3S. The predicted molar refractivity (Wildman–Crippen MR) is 92.8 cm³/mol. The van der Waals surface area contributed by atoms with Crippen molar-refractivity contribution in [3.63, 3.8) is 0 Å². The quantitative estimate of drug-likeness (QED) is 0.887. The number of carbonyl (C=O) groups excluding carboxylic acids is 1. The monoisotopic (exact) mass is 372 g/mol. The summed E-state index contributed by atoms with van der Waals surface area (Å²) in [6, 6.07) is 10.5. The third-order valence-corrected chi connectivity index (χ3v) is 5.46. The van der Waals surface area contributed by atoms with E-state index in [1.54, 1.807) is 24.3 Å². The van der Waals surface area contributed by atoms with Gasteiger partial charge in [-0.15, -0.1) is 0 Å². The van der Waals surface area contributed by atoms with Gasteiger partial charge >= 0.3 is 0 Å². The van der Waals surface area contributed by atoms with Gasteiger partial charge in [0.25, 0.3) is 10.0 Å². The molecule has 0 atom stereocenters. The Balaban J connectivity index is 2.42. The fraction of sp³-hybridized carbons (Fsp3) is 0.133. The summed E-state index contributed by atoms with van der Waals surface area (Å²) in [5.41, 5.74) is 0.704. The van der Waals surface area contributed by atoms with E-state index in [0.717, 1.165) is 4.31 Å². The summed E-state index contributed by atoms with van der Waals surface area (Å²) < 4.78 is 26.5. The SMILES string of the molecule is CC(=O)Nc1cc(S(=O)(=O)N(C)c2ccc(Cl)cc2)ccc1Cl. The molecular weight excluding hydrogens is 359 g/mol. The molecule has 23 heavy (non-hydrogen) atoms. The Bertz CT molecular complexity index is 836. The minimum Gasteiger partial charge on any atom is -0.325 e. The van der Waals surface area contributed by atoms with Crippen LogP contribution in [0.3, 0.4) is 0 Å². The van der Waals surface area contributed by atoms with Crippen LogP contribution < -0.4 is 9.62 Å². The molecule has 0 fully saturated rings. The molecule has 1 N–H and O–H groups in total. The van der Waals surface area contributed by atoms with Crippen LogP contribution in [-0.4, -0.2) is 21.4 Å². The zero-order chi connectivity index (χ0) is 17.2. The minimum absolute atomic E-state index is 0.0168. The number of hydrogen-bond donors (Lipinski definition) is 1. The molecule has 8 heteroatoms. The zero-order valence-corrected chi connectivity index (χ0v) is 14.7. The fourth-order valence-corrected chi connectivity index (χ4v) is 3.41. The Labute approximate surface area is 144 Å². The molecule has 1 amide bonds. The van der Waals surface area contributed by atoms with Crippen molar-refractivity contribution in [2.24, 2.45) is 0 Å². The number of rotatable bonds is 4. The summed E-state index contributed by atoms with van der Waals surface area (Å²) >= 11 is 11.8. The van der Waals surface area contributed by atoms with Crippen molar-refractivity contribution in [3.05, 3.63) is 52.5 Å². The highest BCUT2D eigenvalue weighted by molar-refractivity contribution is 7.92. The number of benzene rings is 2. The lowest BCUT2D eigenvalue weighted by Gasteiger charge is -2.20. The molecule has 122 valence electrons. The molecule has 2 rings (SSSR count). The van der Waals surface area contributed by atoms with E-state index in [-0.39, 0.29) is 21.5 Å². The summed E-state index contributed by atoms with van der Waals surface area (Å²) in [4.78, 5) is 11.2. The summed E-state index contributed by atoms with van der Waals surface area (Å²) in [5, 5.41) is 3.27. The smallest absolute Gasteiger partial charge is 0.264 e. The third-order valence-electron chi connectivity index (χ3n) is 3.10. The van der Waals surface area contributed by atoms with Gasteiger partial charge in [0.1, 0.15) is 0 Å². The van der Waals surface area contributed by atoms with Crippen LogP contribution in [0.4, 0.5) is 11.4 Å². The van der Waals surface area contributed by atoms with Crippen molar-refractivity contribution in [1.29, 1.82) is 0 Å². The molecule has 0 saturated heterocycles. The van der Waals surface area contributed by atoms with Crippen LogP contribution >= 0.6 is 23.2 Å². The highest BCUT2D eigenvalue weighted by atomic mass is 35.5. The van der Waals surface area contributed by atoms with Gasteiger partial charge in [-0.05, 0) is 42.5 Å². The molecule has 0 unspecified atom stereocenters. The summed E-state index contributed by atoms with van der Waals surface area (Å²) in [5.74, 6) is -0.340. The first-order valence-corrected chi connectivity index (χ1v) is 8.73. The van der Waals surface area contributed by atoms with Gasteiger partial charge in [0.2, 0.25) is 5.91 Å². The first kappa shape index (κ1) is 17.6. The summed E-state index contributed by atoms with van der Waals surface area (Å²) in [6.45, 7) is 1.32. The highest BCUT2D eigenvalue weighted by Gasteiger charge is 2.22. The van der Waals surface area contributed by atoms with Crippen molar-refractivity contribution in [3.8, 4) is 0 Å². The molecule has 0 spiro atoms. The molecule has 0 heterocycles. The Morgan fingerprint density at radius 2 is 1.70 bits per heavy atom. The minimum atomic E-state index is -3.80. The van der Waals surface area contributed by atoms with E-state index >= 15 is 0 Å². The first-order chi connectivity index (χ1) is 10.7. The third kappa shape index (κ3) is 3.96. The number of nitrogens with one attached hydrogen (secondary N) is 1. The van der Waals surface area contributed by atoms with E-state index < -0.39 is 10.0 Å². The average molecular weight is 373 g/mol. The second kappa shape index (κ2) is 6.78. The predicted octanol–water partition coefficient (Wildman–Crippen LogP) is 3.78. The highest BCUT2D eigenvalue weighted by Crippen LogP contribution is 2.29. The second-order valence-corrected chi connectivity index (χ2v) is 7.58. The lowest BCUT2D eigenvalue weighted by atomic mass is 10.3. The molecule has 0 aliphatic rings. The van der Waals surface area contributed by atoms with Crippen LogP contribution in [0, 0.1) is 0 Å². The Morgan fingerprint density at radius 3 is 2.26 bits per heavy atom. The largest absolute Gasteiger partial charge is 0.325 e. The summed E-state index contributed by atoms with van der Waals surface area (Å²) in [7, 11) is -2.36. The molecule has 0 aromatic heterocycles. The number of halogens is 2. The molecule has 0 saturated carbocycles. The Morgan fingerprint density at radius 1 is 1.09 bits per heavy atom. The van der Waals surface area contributed by atoms with Gasteiger partial charge in [0, 0.05) is 19.0 Å². The normalized spacial score (nSPS) is 11.1. The molecule has 2 aromatic rings. The summed E-state index contributed by atoms with van der Waals surface area (Å²) in [6.07, 6.45) is 0. The van der Waals surface area contributed by atoms with Gasteiger partial charge in [-0.1, -0.05) is 23.2 Å². The second-order valence-electron chi connectivity index (χ2n) is 4.77. The average Bonchev–Trinajstić information content (AvgIpc) is 2.49. The van der Waals surface area contributed by atoms with Crippen LogP contribution in [0.1, 0.15) is 6.92 Å². The standard InChI is InChI=1S/C15H14Cl2N2O3S/c1-10(20)18-15-9-13(7-8-14(15)17)23(21,22)19(2)12-5-3-11(16)4-6-12/h3-9H,1-2H3,(H,18,20). The van der Waals surface area contributed by atoms with E-state index in [1.807, 2.05) is 0 Å². The molecule has 5 nitrogen and oxygen atoms in total. The van der Waals surface area contributed by atoms with Gasteiger partial charge in [-0.3, -0.25) is 9.10 Å². The maximum atomic E-state index is 12.7. The maximum absolute atomic E-state index is 12.7. The lowest BCUT2D eigenvalue weighted by Crippen LogP contribution is -2.26. The number of nitrogens with zero attached hydrogens (tertiary/aromatic N) is 1. The van der Waals surface area contributed by atoms with Crippen LogP contribution in [0.15, 0.2) is 47.4 Å². The van der Waals surface area contributed by atoms with E-state index in [9.17, 15) is 13.2 Å². The van der Waals surface area contributed by atoms with Crippen LogP contribution in [-0.2, 0) is 14.8 Å². The molecule has 0 aliphatic heterocycles. The van der Waals surface area contributed by atoms with Crippen molar-refractivity contribution in [1.82, 2.24) is 0 Å². The molecule has 0 aliphatic carbocycles. The van der Waals surface area contributed by atoms with Crippen LogP contribution in [0.2, 0.25) is 10.0 Å². The number of anilines is 2. The Kier molecular flexibility index (Phi) is 5.19. The van der Waals surface area contributed by atoms with E-state index in [4.69, 9.17) is 23.2 Å². The molecule has 0 bridgehead atoms. The maximum Gasteiger partial charge on any atom is 0.264 e. The number of amides is 1. The van der Waals surface area contributed by atoms with Crippen molar-refractivity contribution in [2.45, 2.75) is 11.8 Å². The van der Waals surface area contributed by atoms with E-state index in [1.165, 1.54) is 32.2 Å². The van der Waals surface area contributed by atoms with Crippen molar-refractivity contribution < 1.29 is 13.2 Å². The van der Waals surface area contributed by atoms with Gasteiger partial charge in [-0.25, -0.2) is 8.42 Å². The fourth-order valence-electron chi connectivity index (χ4n) is 1.90. The van der Waals surface area contributed by atoms with Crippen LogP contribution in [0.5, 0.6) is 0 Å². The van der Waals surface area contributed by atoms with Crippen molar-refractivity contribution >= 4 is 50.5 Å². The first-order valence-electron chi connectivity index (χ1n) is 6.53. The number of hydrogen-bond acceptors (Lipinski definition) is 3.